The van der Waals surface area contributed by atoms with E-state index in [1.54, 1.807) is 0 Å². The van der Waals surface area contributed by atoms with Crippen LogP contribution in [0.15, 0.2) is 0 Å². The van der Waals surface area contributed by atoms with Gasteiger partial charge in [0.1, 0.15) is 5.54 Å². The average molecular weight is 143 g/mol. The lowest BCUT2D eigenvalue weighted by molar-refractivity contribution is -0.144. The Morgan fingerprint density at radius 2 is 2.40 bits per heavy atom. The van der Waals surface area contributed by atoms with E-state index in [9.17, 15) is 9.59 Å². The number of carbonyl (C=O) groups excluding carboxylic acids is 1. The smallest absolute Gasteiger partial charge is 0.329 e. The summed E-state index contributed by atoms with van der Waals surface area (Å²) in [5.41, 5.74) is -1.02. The van der Waals surface area contributed by atoms with E-state index in [-0.39, 0.29) is 5.91 Å². The molecule has 0 spiro atoms. The van der Waals surface area contributed by atoms with Crippen LogP contribution in [0, 0.1) is 0 Å². The van der Waals surface area contributed by atoms with Crippen LogP contribution in [0.5, 0.6) is 0 Å². The lowest BCUT2D eigenvalue weighted by Gasteiger charge is -2.16. The molecule has 0 unspecified atom stereocenters. The van der Waals surface area contributed by atoms with Crippen molar-refractivity contribution in [1.29, 1.82) is 0 Å². The summed E-state index contributed by atoms with van der Waals surface area (Å²) in [6.45, 7) is 1.51. The van der Waals surface area contributed by atoms with Gasteiger partial charge in [-0.05, 0) is 13.3 Å². The Kier molecular flexibility index (Phi) is 1.39. The summed E-state index contributed by atoms with van der Waals surface area (Å²) in [5.74, 6) is -1.14. The van der Waals surface area contributed by atoms with E-state index in [2.05, 4.69) is 5.32 Å². The number of hydrogen-bond donors (Lipinski definition) is 2. The molecule has 1 aliphatic heterocycles. The Bertz CT molecular complexity index is 189. The molecule has 56 valence electrons. The maximum absolute atomic E-state index is 10.6. The van der Waals surface area contributed by atoms with Crippen LogP contribution in [0.2, 0.25) is 0 Å². The van der Waals surface area contributed by atoms with Gasteiger partial charge < -0.3 is 10.4 Å². The molecule has 0 aromatic carbocycles. The van der Waals surface area contributed by atoms with Crippen LogP contribution in [-0.4, -0.2) is 22.5 Å². The molecule has 0 aromatic heterocycles. The summed E-state index contributed by atoms with van der Waals surface area (Å²) in [7, 11) is 0. The van der Waals surface area contributed by atoms with Gasteiger partial charge >= 0.3 is 5.97 Å². The molecule has 1 amide bonds. The van der Waals surface area contributed by atoms with Crippen LogP contribution in [0.25, 0.3) is 0 Å². The van der Waals surface area contributed by atoms with Crippen molar-refractivity contribution in [2.45, 2.75) is 25.3 Å². The van der Waals surface area contributed by atoms with Gasteiger partial charge in [0.15, 0.2) is 0 Å². The summed E-state index contributed by atoms with van der Waals surface area (Å²) >= 11 is 0. The van der Waals surface area contributed by atoms with E-state index in [0.29, 0.717) is 12.8 Å². The second-order valence-electron chi connectivity index (χ2n) is 2.69. The van der Waals surface area contributed by atoms with Gasteiger partial charge in [-0.2, -0.15) is 0 Å². The van der Waals surface area contributed by atoms with Crippen molar-refractivity contribution >= 4 is 11.9 Å². The van der Waals surface area contributed by atoms with Crippen LogP contribution in [0.1, 0.15) is 19.8 Å². The first-order valence-electron chi connectivity index (χ1n) is 3.09. The quantitative estimate of drug-likeness (QED) is 0.531. The number of carboxylic acids is 1. The molecule has 0 saturated carbocycles. The van der Waals surface area contributed by atoms with E-state index in [0.717, 1.165) is 0 Å². The Hall–Kier alpha value is -1.06. The maximum Gasteiger partial charge on any atom is 0.329 e. The normalized spacial score (nSPS) is 31.9. The minimum absolute atomic E-state index is 0.176. The minimum Gasteiger partial charge on any atom is -0.480 e. The predicted molar refractivity (Wildman–Crippen MR) is 33.4 cm³/mol. The number of amides is 1. The summed E-state index contributed by atoms with van der Waals surface area (Å²) in [6.07, 6.45) is 0.712. The zero-order valence-electron chi connectivity index (χ0n) is 5.68. The van der Waals surface area contributed by atoms with Gasteiger partial charge in [0.05, 0.1) is 0 Å². The topological polar surface area (TPSA) is 66.4 Å². The first-order valence-corrected chi connectivity index (χ1v) is 3.09. The Morgan fingerprint density at radius 1 is 1.80 bits per heavy atom. The van der Waals surface area contributed by atoms with Gasteiger partial charge in [-0.25, -0.2) is 4.79 Å². The van der Waals surface area contributed by atoms with Gasteiger partial charge in [0.25, 0.3) is 0 Å². The fraction of sp³-hybridized carbons (Fsp3) is 0.667. The first-order chi connectivity index (χ1) is 4.54. The van der Waals surface area contributed by atoms with E-state index < -0.39 is 11.5 Å². The van der Waals surface area contributed by atoms with Gasteiger partial charge in [0, 0.05) is 6.42 Å². The molecular weight excluding hydrogens is 134 g/mol. The number of aliphatic carboxylic acids is 1. The monoisotopic (exact) mass is 143 g/mol. The zero-order chi connectivity index (χ0) is 7.78. The van der Waals surface area contributed by atoms with Crippen molar-refractivity contribution in [3.05, 3.63) is 0 Å². The molecule has 0 radical (unpaired) electrons. The molecule has 1 aliphatic rings. The fourth-order valence-electron chi connectivity index (χ4n) is 0.957. The lowest BCUT2D eigenvalue weighted by atomic mass is 10.0. The molecule has 1 rings (SSSR count). The van der Waals surface area contributed by atoms with E-state index >= 15 is 0 Å². The van der Waals surface area contributed by atoms with E-state index in [1.165, 1.54) is 6.92 Å². The second kappa shape index (κ2) is 1.97. The highest BCUT2D eigenvalue weighted by Gasteiger charge is 2.39. The summed E-state index contributed by atoms with van der Waals surface area (Å²) in [6, 6.07) is 0. The zero-order valence-corrected chi connectivity index (χ0v) is 5.68. The number of hydrogen-bond acceptors (Lipinski definition) is 2. The third kappa shape index (κ3) is 0.964. The van der Waals surface area contributed by atoms with Crippen LogP contribution in [0.3, 0.4) is 0 Å². The molecule has 1 atom stereocenters. The van der Waals surface area contributed by atoms with Gasteiger partial charge in [-0.1, -0.05) is 0 Å². The Labute approximate surface area is 58.2 Å². The fourth-order valence-corrected chi connectivity index (χ4v) is 0.957. The second-order valence-corrected chi connectivity index (χ2v) is 2.69. The molecule has 2 N–H and O–H groups in total. The summed E-state index contributed by atoms with van der Waals surface area (Å²) in [4.78, 5) is 21.0. The van der Waals surface area contributed by atoms with Crippen molar-refractivity contribution in [2.75, 3.05) is 0 Å². The van der Waals surface area contributed by atoms with Crippen molar-refractivity contribution < 1.29 is 14.7 Å². The van der Waals surface area contributed by atoms with Crippen molar-refractivity contribution in [3.8, 4) is 0 Å². The molecule has 1 fully saturated rings. The van der Waals surface area contributed by atoms with E-state index in [4.69, 9.17) is 5.11 Å². The van der Waals surface area contributed by atoms with Gasteiger partial charge in [0.2, 0.25) is 5.91 Å². The van der Waals surface area contributed by atoms with Crippen molar-refractivity contribution in [3.63, 3.8) is 0 Å². The van der Waals surface area contributed by atoms with Crippen molar-refractivity contribution in [1.82, 2.24) is 5.32 Å². The molecule has 0 aliphatic carbocycles. The largest absolute Gasteiger partial charge is 0.480 e. The SMILES string of the molecule is C[C@]1(C(=O)O)CCC(=O)N1. The Balaban J connectivity index is 2.72. The van der Waals surface area contributed by atoms with Crippen LogP contribution in [0.4, 0.5) is 0 Å². The number of nitrogens with one attached hydrogen (secondary N) is 1. The van der Waals surface area contributed by atoms with Gasteiger partial charge in [-0.3, -0.25) is 4.79 Å². The predicted octanol–water partition coefficient (Wildman–Crippen LogP) is -0.260. The summed E-state index contributed by atoms with van der Waals surface area (Å²) in [5, 5.41) is 11.0. The molecule has 4 nitrogen and oxygen atoms in total. The number of carbonyl (C=O) groups is 2. The molecule has 0 bridgehead atoms. The summed E-state index contributed by atoms with van der Waals surface area (Å²) < 4.78 is 0. The van der Waals surface area contributed by atoms with Crippen LogP contribution >= 0.6 is 0 Å². The lowest BCUT2D eigenvalue weighted by Crippen LogP contribution is -2.45. The molecule has 10 heavy (non-hydrogen) atoms. The molecule has 1 heterocycles. The van der Waals surface area contributed by atoms with E-state index in [1.807, 2.05) is 0 Å². The standard InChI is InChI=1S/C6H9NO3/c1-6(5(9)10)3-2-4(8)7-6/h2-3H2,1H3,(H,7,8)(H,9,10)/t6-/m1/s1. The minimum atomic E-state index is -1.02. The third-order valence-electron chi connectivity index (χ3n) is 1.74. The number of carboxylic acid groups (broad SMARTS) is 1. The maximum atomic E-state index is 10.6. The van der Waals surface area contributed by atoms with Gasteiger partial charge in [-0.15, -0.1) is 0 Å². The highest BCUT2D eigenvalue weighted by atomic mass is 16.4. The molecule has 4 heteroatoms. The Morgan fingerprint density at radius 3 is 2.60 bits per heavy atom. The third-order valence-corrected chi connectivity index (χ3v) is 1.74. The van der Waals surface area contributed by atoms with Crippen LogP contribution in [-0.2, 0) is 9.59 Å². The highest BCUT2D eigenvalue weighted by molar-refractivity contribution is 5.90. The van der Waals surface area contributed by atoms with Crippen molar-refractivity contribution in [2.24, 2.45) is 0 Å². The molecule has 0 aromatic rings. The van der Waals surface area contributed by atoms with Crippen LogP contribution < -0.4 is 5.32 Å². The first kappa shape index (κ1) is 7.05. The average Bonchev–Trinajstić information content (AvgIpc) is 2.13. The molecule has 1 saturated heterocycles. The number of rotatable bonds is 1. The molecular formula is C6H9NO3. The highest BCUT2D eigenvalue weighted by Crippen LogP contribution is 2.18.